The van der Waals surface area contributed by atoms with E-state index < -0.39 is 10.0 Å². The summed E-state index contributed by atoms with van der Waals surface area (Å²) in [5.41, 5.74) is 5.91. The van der Waals surface area contributed by atoms with E-state index in [0.717, 1.165) is 0 Å². The van der Waals surface area contributed by atoms with Crippen molar-refractivity contribution in [2.24, 2.45) is 0 Å². The zero-order valence-electron chi connectivity index (χ0n) is 11.3. The molecule has 0 atom stereocenters. The van der Waals surface area contributed by atoms with Crippen LogP contribution in [0.5, 0.6) is 0 Å². The second-order valence-corrected chi connectivity index (χ2v) is 7.12. The summed E-state index contributed by atoms with van der Waals surface area (Å²) in [5.74, 6) is -0.362. The molecule has 20 heavy (non-hydrogen) atoms. The number of rotatable bonds is 6. The minimum Gasteiger partial charge on any atom is -0.469 e. The fourth-order valence-electron chi connectivity index (χ4n) is 1.59. The topological polar surface area (TPSA) is 89.7 Å². The van der Waals surface area contributed by atoms with Gasteiger partial charge in [0.1, 0.15) is 4.90 Å². The van der Waals surface area contributed by atoms with Crippen molar-refractivity contribution in [1.82, 2.24) is 4.31 Å². The first kappa shape index (κ1) is 16.9. The highest BCUT2D eigenvalue weighted by Gasteiger charge is 2.23. The lowest BCUT2D eigenvalue weighted by atomic mass is 10.3. The predicted molar refractivity (Wildman–Crippen MR) is 79.6 cm³/mol. The lowest BCUT2D eigenvalue weighted by Crippen LogP contribution is -2.29. The Morgan fingerprint density at radius 1 is 1.45 bits per heavy atom. The number of esters is 1. The summed E-state index contributed by atoms with van der Waals surface area (Å²) in [6.45, 7) is 0.215. The molecule has 0 unspecified atom stereocenters. The molecule has 0 aliphatic heterocycles. The zero-order chi connectivity index (χ0) is 15.3. The standard InChI is InChI=1S/C12H17BrN2O4S/c1-15(7-3-4-12(16)19-2)20(17,18)11-6-5-9(13)8-10(11)14/h5-6,8H,3-4,7,14H2,1-2H3. The van der Waals surface area contributed by atoms with Crippen molar-refractivity contribution in [2.75, 3.05) is 26.4 Å². The molecule has 0 aliphatic carbocycles. The third-order valence-electron chi connectivity index (χ3n) is 2.74. The molecule has 0 saturated heterocycles. The summed E-state index contributed by atoms with van der Waals surface area (Å²) in [6.07, 6.45) is 0.561. The Bertz CT molecular complexity index is 589. The Balaban J connectivity index is 2.79. The van der Waals surface area contributed by atoms with Crippen LogP contribution in [0.2, 0.25) is 0 Å². The van der Waals surface area contributed by atoms with Crippen molar-refractivity contribution < 1.29 is 17.9 Å². The number of hydrogen-bond donors (Lipinski definition) is 1. The molecule has 0 aromatic heterocycles. The number of sulfonamides is 1. The maximum atomic E-state index is 12.3. The van der Waals surface area contributed by atoms with Gasteiger partial charge in [-0.05, 0) is 24.6 Å². The van der Waals surface area contributed by atoms with E-state index in [1.165, 1.54) is 30.6 Å². The van der Waals surface area contributed by atoms with Crippen molar-refractivity contribution in [2.45, 2.75) is 17.7 Å². The largest absolute Gasteiger partial charge is 0.469 e. The van der Waals surface area contributed by atoms with Crippen molar-refractivity contribution in [1.29, 1.82) is 0 Å². The lowest BCUT2D eigenvalue weighted by Gasteiger charge is -2.18. The summed E-state index contributed by atoms with van der Waals surface area (Å²) in [4.78, 5) is 11.0. The number of methoxy groups -OCH3 is 1. The highest BCUT2D eigenvalue weighted by atomic mass is 79.9. The molecule has 0 heterocycles. The van der Waals surface area contributed by atoms with Crippen LogP contribution in [0.3, 0.4) is 0 Å². The van der Waals surface area contributed by atoms with Crippen LogP contribution in [0.4, 0.5) is 5.69 Å². The molecule has 1 aromatic carbocycles. The number of nitrogens with two attached hydrogens (primary N) is 1. The van der Waals surface area contributed by atoms with Gasteiger partial charge in [-0.15, -0.1) is 0 Å². The van der Waals surface area contributed by atoms with Gasteiger partial charge < -0.3 is 10.5 Å². The minimum atomic E-state index is -3.66. The van der Waals surface area contributed by atoms with Gasteiger partial charge >= 0.3 is 5.97 Å². The summed E-state index contributed by atoms with van der Waals surface area (Å²) >= 11 is 3.23. The van der Waals surface area contributed by atoms with Gasteiger partial charge in [0.2, 0.25) is 10.0 Å². The third-order valence-corrected chi connectivity index (χ3v) is 5.17. The van der Waals surface area contributed by atoms with Crippen molar-refractivity contribution in [3.05, 3.63) is 22.7 Å². The van der Waals surface area contributed by atoms with Gasteiger partial charge in [0.15, 0.2) is 0 Å². The fourth-order valence-corrected chi connectivity index (χ4v) is 3.27. The Hall–Kier alpha value is -1.12. The summed E-state index contributed by atoms with van der Waals surface area (Å²) in [5, 5.41) is 0. The van der Waals surface area contributed by atoms with E-state index in [2.05, 4.69) is 20.7 Å². The molecule has 112 valence electrons. The van der Waals surface area contributed by atoms with Gasteiger partial charge in [0.05, 0.1) is 12.8 Å². The first-order valence-electron chi connectivity index (χ1n) is 5.87. The number of benzene rings is 1. The monoisotopic (exact) mass is 364 g/mol. The van der Waals surface area contributed by atoms with Crippen LogP contribution >= 0.6 is 15.9 Å². The van der Waals surface area contributed by atoms with Gasteiger partial charge in [-0.25, -0.2) is 12.7 Å². The maximum absolute atomic E-state index is 12.3. The molecule has 0 amide bonds. The van der Waals surface area contributed by atoms with Crippen LogP contribution in [0.25, 0.3) is 0 Å². The molecule has 0 radical (unpaired) electrons. The number of carbonyl (C=O) groups is 1. The molecule has 1 rings (SSSR count). The molecule has 0 fully saturated rings. The fraction of sp³-hybridized carbons (Fsp3) is 0.417. The molecule has 0 aliphatic rings. The third kappa shape index (κ3) is 4.19. The first-order chi connectivity index (χ1) is 9.28. The summed E-state index contributed by atoms with van der Waals surface area (Å²) in [7, 11) is -0.906. The van der Waals surface area contributed by atoms with Crippen molar-refractivity contribution >= 4 is 37.6 Å². The molecule has 0 saturated carbocycles. The van der Waals surface area contributed by atoms with Crippen LogP contribution in [0.1, 0.15) is 12.8 Å². The van der Waals surface area contributed by atoms with Gasteiger partial charge in [0.25, 0.3) is 0 Å². The Kier molecular flexibility index (Phi) is 5.97. The Morgan fingerprint density at radius 2 is 2.10 bits per heavy atom. The molecular weight excluding hydrogens is 348 g/mol. The van der Waals surface area contributed by atoms with E-state index in [4.69, 9.17) is 5.73 Å². The van der Waals surface area contributed by atoms with E-state index in [-0.39, 0.29) is 29.5 Å². The Morgan fingerprint density at radius 3 is 2.65 bits per heavy atom. The van der Waals surface area contributed by atoms with Gasteiger partial charge in [-0.2, -0.15) is 0 Å². The molecule has 8 heteroatoms. The number of halogens is 1. The maximum Gasteiger partial charge on any atom is 0.305 e. The molecule has 2 N–H and O–H groups in total. The molecule has 6 nitrogen and oxygen atoms in total. The molecular formula is C12H17BrN2O4S. The lowest BCUT2D eigenvalue weighted by molar-refractivity contribution is -0.140. The van der Waals surface area contributed by atoms with Gasteiger partial charge in [0, 0.05) is 24.5 Å². The van der Waals surface area contributed by atoms with Crippen LogP contribution in [0, 0.1) is 0 Å². The van der Waals surface area contributed by atoms with E-state index in [0.29, 0.717) is 10.9 Å². The highest BCUT2D eigenvalue weighted by molar-refractivity contribution is 9.10. The number of nitrogens with zero attached hydrogens (tertiary/aromatic N) is 1. The average Bonchev–Trinajstić information content (AvgIpc) is 2.37. The summed E-state index contributed by atoms with van der Waals surface area (Å²) in [6, 6.07) is 4.60. The van der Waals surface area contributed by atoms with Crippen molar-refractivity contribution in [3.63, 3.8) is 0 Å². The number of ether oxygens (including phenoxy) is 1. The second-order valence-electron chi connectivity index (χ2n) is 4.19. The van der Waals surface area contributed by atoms with E-state index >= 15 is 0 Å². The highest BCUT2D eigenvalue weighted by Crippen LogP contribution is 2.25. The second kappa shape index (κ2) is 7.05. The van der Waals surface area contributed by atoms with E-state index in [1.54, 1.807) is 6.07 Å². The van der Waals surface area contributed by atoms with Crippen molar-refractivity contribution in [3.8, 4) is 0 Å². The number of anilines is 1. The first-order valence-corrected chi connectivity index (χ1v) is 8.10. The minimum absolute atomic E-state index is 0.0567. The zero-order valence-corrected chi connectivity index (χ0v) is 13.7. The smallest absolute Gasteiger partial charge is 0.305 e. The molecule has 0 spiro atoms. The molecule has 1 aromatic rings. The SMILES string of the molecule is COC(=O)CCCN(C)S(=O)(=O)c1ccc(Br)cc1N. The number of hydrogen-bond acceptors (Lipinski definition) is 5. The van der Waals surface area contributed by atoms with Crippen LogP contribution in [0.15, 0.2) is 27.6 Å². The Labute approximate surface area is 127 Å². The number of carbonyl (C=O) groups excluding carboxylic acids is 1. The van der Waals surface area contributed by atoms with Gasteiger partial charge in [-0.3, -0.25) is 4.79 Å². The van der Waals surface area contributed by atoms with E-state index in [1.807, 2.05) is 0 Å². The number of nitrogen functional groups attached to an aromatic ring is 1. The normalized spacial score (nSPS) is 11.6. The van der Waals surface area contributed by atoms with Crippen LogP contribution in [-0.2, 0) is 19.6 Å². The average molecular weight is 365 g/mol. The van der Waals surface area contributed by atoms with E-state index in [9.17, 15) is 13.2 Å². The van der Waals surface area contributed by atoms with Gasteiger partial charge in [-0.1, -0.05) is 15.9 Å². The van der Waals surface area contributed by atoms with Crippen LogP contribution < -0.4 is 5.73 Å². The predicted octanol–water partition coefficient (Wildman–Crippen LogP) is 1.60. The summed E-state index contributed by atoms with van der Waals surface area (Å²) < 4.78 is 31.0. The van der Waals surface area contributed by atoms with Crippen LogP contribution in [-0.4, -0.2) is 39.4 Å². The molecule has 0 bridgehead atoms. The quantitative estimate of drug-likeness (QED) is 0.611.